The summed E-state index contributed by atoms with van der Waals surface area (Å²) >= 11 is 0. The second kappa shape index (κ2) is 10.8. The van der Waals surface area contributed by atoms with E-state index in [-0.39, 0.29) is 30.7 Å². The lowest BCUT2D eigenvalue weighted by Crippen LogP contribution is -2.52. The van der Waals surface area contributed by atoms with Crippen LogP contribution in [0.25, 0.3) is 0 Å². The van der Waals surface area contributed by atoms with Crippen molar-refractivity contribution in [2.75, 3.05) is 19.7 Å². The zero-order valence-electron chi connectivity index (χ0n) is 21.3. The van der Waals surface area contributed by atoms with Gasteiger partial charge in [0.2, 0.25) is 5.91 Å². The van der Waals surface area contributed by atoms with Gasteiger partial charge in [-0.25, -0.2) is 4.39 Å². The van der Waals surface area contributed by atoms with Gasteiger partial charge in [-0.2, -0.15) is 5.26 Å². The summed E-state index contributed by atoms with van der Waals surface area (Å²) in [6.45, 7) is 4.61. The summed E-state index contributed by atoms with van der Waals surface area (Å²) < 4.78 is 19.7. The van der Waals surface area contributed by atoms with Crippen LogP contribution in [0.4, 0.5) is 4.39 Å². The highest BCUT2D eigenvalue weighted by molar-refractivity contribution is 5.89. The summed E-state index contributed by atoms with van der Waals surface area (Å²) in [7, 11) is 0. The number of ether oxygens (including phenoxy) is 1. The molecule has 1 atom stereocenters. The molecule has 2 aliphatic rings. The van der Waals surface area contributed by atoms with Crippen LogP contribution in [0.3, 0.4) is 0 Å². The van der Waals surface area contributed by atoms with E-state index >= 15 is 0 Å². The molecule has 1 saturated carbocycles. The predicted octanol–water partition coefficient (Wildman–Crippen LogP) is 5.82. The van der Waals surface area contributed by atoms with E-state index in [2.05, 4.69) is 18.2 Å². The second-order valence-electron chi connectivity index (χ2n) is 10.3. The van der Waals surface area contributed by atoms with Crippen molar-refractivity contribution in [2.24, 2.45) is 5.41 Å². The van der Waals surface area contributed by atoms with Crippen molar-refractivity contribution in [1.29, 1.82) is 5.26 Å². The number of carbonyl (C=O) groups is 2. The maximum Gasteiger partial charge on any atom is 0.306 e. The molecule has 4 rings (SSSR count). The molecule has 0 aromatic heterocycles. The Balaban J connectivity index is 1.63. The molecular weight excluding hydrogens is 455 g/mol. The van der Waals surface area contributed by atoms with Gasteiger partial charge in [0.15, 0.2) is 0 Å². The third-order valence-electron chi connectivity index (χ3n) is 8.40. The Bertz CT molecular complexity index is 1130. The topological polar surface area (TPSA) is 70.4 Å². The summed E-state index contributed by atoms with van der Waals surface area (Å²) in [6.07, 6.45) is 4.76. The highest BCUT2D eigenvalue weighted by atomic mass is 19.1. The van der Waals surface area contributed by atoms with Crippen LogP contribution in [0.1, 0.15) is 74.5 Å². The molecule has 0 radical (unpaired) electrons. The minimum absolute atomic E-state index is 0.0703. The number of benzene rings is 2. The van der Waals surface area contributed by atoms with Crippen molar-refractivity contribution in [1.82, 2.24) is 4.90 Å². The number of halogens is 1. The summed E-state index contributed by atoms with van der Waals surface area (Å²) in [5.74, 6) is -1.25. The summed E-state index contributed by atoms with van der Waals surface area (Å²) in [6, 6.07) is 17.2. The van der Waals surface area contributed by atoms with E-state index < -0.39 is 16.7 Å². The molecule has 0 N–H and O–H groups in total. The number of amides is 1. The van der Waals surface area contributed by atoms with Gasteiger partial charge in [0.05, 0.1) is 30.4 Å². The van der Waals surface area contributed by atoms with Gasteiger partial charge in [0.25, 0.3) is 0 Å². The Morgan fingerprint density at radius 1 is 1.06 bits per heavy atom. The first kappa shape index (κ1) is 25.9. The summed E-state index contributed by atoms with van der Waals surface area (Å²) in [5.41, 5.74) is 0.876. The van der Waals surface area contributed by atoms with Gasteiger partial charge in [0.1, 0.15) is 5.82 Å². The van der Waals surface area contributed by atoms with Gasteiger partial charge in [-0.3, -0.25) is 9.59 Å². The highest BCUT2D eigenvalue weighted by Crippen LogP contribution is 2.50. The number of rotatable bonds is 7. The van der Waals surface area contributed by atoms with Gasteiger partial charge >= 0.3 is 5.97 Å². The Kier molecular flexibility index (Phi) is 7.78. The van der Waals surface area contributed by atoms with E-state index in [0.29, 0.717) is 37.1 Å². The zero-order valence-corrected chi connectivity index (χ0v) is 21.3. The minimum Gasteiger partial charge on any atom is -0.466 e. The Morgan fingerprint density at radius 2 is 1.72 bits per heavy atom. The largest absolute Gasteiger partial charge is 0.466 e. The SMILES string of the molecule is CCOC(=O)CC1(C(C#N)c2cccc(F)c2C)CCN(C(=O)C2(c3ccccc3)CCCC2)CC1. The summed E-state index contributed by atoms with van der Waals surface area (Å²) in [5, 5.41) is 10.3. The predicted molar refractivity (Wildman–Crippen MR) is 136 cm³/mol. The maximum atomic E-state index is 14.4. The molecule has 2 aromatic rings. The van der Waals surface area contributed by atoms with Gasteiger partial charge in [-0.05, 0) is 62.3 Å². The van der Waals surface area contributed by atoms with Crippen molar-refractivity contribution in [3.8, 4) is 6.07 Å². The molecule has 1 unspecified atom stereocenters. The summed E-state index contributed by atoms with van der Waals surface area (Å²) in [4.78, 5) is 28.6. The molecule has 1 aliphatic heterocycles. The average molecular weight is 491 g/mol. The van der Waals surface area contributed by atoms with Crippen LogP contribution in [0, 0.1) is 29.5 Å². The van der Waals surface area contributed by atoms with Crippen LogP contribution in [0.15, 0.2) is 48.5 Å². The normalized spacial score (nSPS) is 19.3. The van der Waals surface area contributed by atoms with Crippen molar-refractivity contribution >= 4 is 11.9 Å². The van der Waals surface area contributed by atoms with Gasteiger partial charge in [-0.1, -0.05) is 55.3 Å². The molecule has 36 heavy (non-hydrogen) atoms. The van der Waals surface area contributed by atoms with E-state index in [1.807, 2.05) is 23.1 Å². The Hall–Kier alpha value is -3.20. The lowest BCUT2D eigenvalue weighted by atomic mass is 9.64. The molecule has 6 heteroatoms. The van der Waals surface area contributed by atoms with Crippen LogP contribution >= 0.6 is 0 Å². The first-order valence-corrected chi connectivity index (χ1v) is 13.0. The standard InChI is InChI=1S/C30H35FN2O3/c1-3-36-27(34)20-29(25(21-32)24-12-9-13-26(31)22(24)2)16-18-33(19-17-29)28(35)30(14-7-8-15-30)23-10-5-4-6-11-23/h4-6,9-13,25H,3,7-8,14-20H2,1-2H3. The fourth-order valence-electron chi connectivity index (χ4n) is 6.36. The average Bonchev–Trinajstić information content (AvgIpc) is 3.39. The third-order valence-corrected chi connectivity index (χ3v) is 8.40. The van der Waals surface area contributed by atoms with E-state index in [1.54, 1.807) is 26.0 Å². The molecule has 1 aliphatic carbocycles. The van der Waals surface area contributed by atoms with Crippen LogP contribution in [-0.4, -0.2) is 36.5 Å². The Morgan fingerprint density at radius 3 is 2.33 bits per heavy atom. The molecule has 1 amide bonds. The van der Waals surface area contributed by atoms with Gasteiger partial charge < -0.3 is 9.64 Å². The maximum absolute atomic E-state index is 14.4. The van der Waals surface area contributed by atoms with Crippen molar-refractivity contribution in [3.05, 3.63) is 71.0 Å². The molecule has 0 bridgehead atoms. The van der Waals surface area contributed by atoms with E-state index in [0.717, 1.165) is 31.2 Å². The number of hydrogen-bond acceptors (Lipinski definition) is 4. The number of piperidine rings is 1. The van der Waals surface area contributed by atoms with Crippen LogP contribution in [-0.2, 0) is 19.7 Å². The monoisotopic (exact) mass is 490 g/mol. The number of likely N-dealkylation sites (tertiary alicyclic amines) is 1. The molecular formula is C30H35FN2O3. The smallest absolute Gasteiger partial charge is 0.306 e. The molecule has 190 valence electrons. The Labute approximate surface area is 213 Å². The molecule has 5 nitrogen and oxygen atoms in total. The van der Waals surface area contributed by atoms with Gasteiger partial charge in [-0.15, -0.1) is 0 Å². The minimum atomic E-state index is -0.730. The highest BCUT2D eigenvalue weighted by Gasteiger charge is 2.49. The van der Waals surface area contributed by atoms with Crippen LogP contribution in [0.2, 0.25) is 0 Å². The molecule has 0 spiro atoms. The molecule has 2 aromatic carbocycles. The third kappa shape index (κ3) is 4.76. The fraction of sp³-hybridized carbons (Fsp3) is 0.500. The molecule has 2 fully saturated rings. The number of hydrogen-bond donors (Lipinski definition) is 0. The van der Waals surface area contributed by atoms with Crippen molar-refractivity contribution < 1.29 is 18.7 Å². The van der Waals surface area contributed by atoms with Crippen LogP contribution in [0.5, 0.6) is 0 Å². The van der Waals surface area contributed by atoms with E-state index in [1.165, 1.54) is 6.07 Å². The fourth-order valence-corrected chi connectivity index (χ4v) is 6.36. The first-order chi connectivity index (χ1) is 17.4. The van der Waals surface area contributed by atoms with Crippen molar-refractivity contribution in [3.63, 3.8) is 0 Å². The number of carbonyl (C=O) groups excluding carboxylic acids is 2. The molecule has 1 heterocycles. The first-order valence-electron chi connectivity index (χ1n) is 13.0. The second-order valence-corrected chi connectivity index (χ2v) is 10.3. The van der Waals surface area contributed by atoms with Crippen LogP contribution < -0.4 is 0 Å². The lowest BCUT2D eigenvalue weighted by molar-refractivity contribution is -0.148. The quantitative estimate of drug-likeness (QED) is 0.459. The van der Waals surface area contributed by atoms with E-state index in [9.17, 15) is 19.2 Å². The number of esters is 1. The molecule has 1 saturated heterocycles. The zero-order chi connectivity index (χ0) is 25.8. The number of nitrogens with zero attached hydrogens (tertiary/aromatic N) is 2. The lowest BCUT2D eigenvalue weighted by Gasteiger charge is -2.46. The number of nitriles is 1. The van der Waals surface area contributed by atoms with Gasteiger partial charge in [0, 0.05) is 18.5 Å². The van der Waals surface area contributed by atoms with Crippen molar-refractivity contribution in [2.45, 2.75) is 70.1 Å². The van der Waals surface area contributed by atoms with E-state index in [4.69, 9.17) is 4.74 Å².